The Morgan fingerprint density at radius 2 is 1.55 bits per heavy atom. The van der Waals surface area contributed by atoms with E-state index in [1.165, 1.54) is 5.56 Å². The van der Waals surface area contributed by atoms with Crippen LogP contribution in [-0.2, 0) is 25.6 Å². The van der Waals surface area contributed by atoms with Crippen molar-refractivity contribution in [3.63, 3.8) is 0 Å². The van der Waals surface area contributed by atoms with E-state index in [1.807, 2.05) is 36.4 Å². The minimum atomic E-state index is -0.539. The molecule has 0 aliphatic carbocycles. The highest BCUT2D eigenvalue weighted by molar-refractivity contribution is 5.89. The van der Waals surface area contributed by atoms with Crippen molar-refractivity contribution in [2.24, 2.45) is 11.8 Å². The summed E-state index contributed by atoms with van der Waals surface area (Å²) in [5.41, 5.74) is 1.74. The molecule has 2 aromatic carbocycles. The van der Waals surface area contributed by atoms with Crippen LogP contribution in [0.15, 0.2) is 60.7 Å². The van der Waals surface area contributed by atoms with Gasteiger partial charge in [0, 0.05) is 19.1 Å². The van der Waals surface area contributed by atoms with Crippen LogP contribution in [0.4, 0.5) is 0 Å². The summed E-state index contributed by atoms with van der Waals surface area (Å²) in [7, 11) is 0. The Hall–Kier alpha value is -2.21. The molecule has 0 spiro atoms. The van der Waals surface area contributed by atoms with Gasteiger partial charge in [0.05, 0.1) is 18.3 Å². The Kier molecular flexibility index (Phi) is 10.4. The average Bonchev–Trinajstić information content (AvgIpc) is 2.85. The summed E-state index contributed by atoms with van der Waals surface area (Å²) in [4.78, 5) is 12.7. The van der Waals surface area contributed by atoms with Crippen molar-refractivity contribution in [3.05, 3.63) is 71.8 Å². The molecule has 5 atom stereocenters. The molecule has 5 heteroatoms. The van der Waals surface area contributed by atoms with E-state index in [1.54, 1.807) is 12.1 Å². The lowest BCUT2D eigenvalue weighted by Gasteiger charge is -2.43. The first-order valence-electron chi connectivity index (χ1n) is 12.2. The van der Waals surface area contributed by atoms with Crippen molar-refractivity contribution in [2.45, 2.75) is 71.6 Å². The van der Waals surface area contributed by atoms with Crippen LogP contribution in [0.2, 0.25) is 0 Å². The van der Waals surface area contributed by atoms with Gasteiger partial charge in [-0.2, -0.15) is 0 Å². The number of hydrogen-bond donors (Lipinski definition) is 0. The lowest BCUT2D eigenvalue weighted by atomic mass is 9.82. The fraction of sp³-hybridized carbons (Fsp3) is 0.536. The largest absolute Gasteiger partial charge is 0.453 e. The van der Waals surface area contributed by atoms with E-state index in [4.69, 9.17) is 18.9 Å². The van der Waals surface area contributed by atoms with Crippen LogP contribution < -0.4 is 0 Å². The number of esters is 1. The van der Waals surface area contributed by atoms with Gasteiger partial charge in [-0.15, -0.1) is 0 Å². The van der Waals surface area contributed by atoms with Gasteiger partial charge in [0.25, 0.3) is 0 Å². The number of ether oxygens (including phenoxy) is 4. The molecule has 1 aliphatic rings. The summed E-state index contributed by atoms with van der Waals surface area (Å²) in [6, 6.07) is 19.3. The fourth-order valence-corrected chi connectivity index (χ4v) is 4.24. The van der Waals surface area contributed by atoms with Crippen LogP contribution in [0, 0.1) is 11.8 Å². The highest BCUT2D eigenvalue weighted by atomic mass is 16.7. The third-order valence-electron chi connectivity index (χ3n) is 6.49. The molecule has 0 aromatic heterocycles. The normalized spacial score (nSPS) is 25.0. The minimum absolute atomic E-state index is 0.100. The molecule has 0 bridgehead atoms. The molecule has 1 heterocycles. The molecular weight excluding hydrogens is 416 g/mol. The van der Waals surface area contributed by atoms with Crippen molar-refractivity contribution < 1.29 is 23.7 Å². The zero-order valence-corrected chi connectivity index (χ0v) is 20.2. The number of carbonyl (C=O) groups excluding carboxylic acids is 1. The molecule has 1 fully saturated rings. The Labute approximate surface area is 198 Å². The molecule has 180 valence electrons. The van der Waals surface area contributed by atoms with E-state index >= 15 is 0 Å². The second kappa shape index (κ2) is 13.5. The van der Waals surface area contributed by atoms with Gasteiger partial charge >= 0.3 is 5.97 Å². The summed E-state index contributed by atoms with van der Waals surface area (Å²) < 4.78 is 24.0. The van der Waals surface area contributed by atoms with E-state index in [2.05, 4.69) is 32.9 Å². The zero-order valence-electron chi connectivity index (χ0n) is 20.2. The topological polar surface area (TPSA) is 54.0 Å². The van der Waals surface area contributed by atoms with E-state index in [-0.39, 0.29) is 23.9 Å². The lowest BCUT2D eigenvalue weighted by molar-refractivity contribution is -0.269. The van der Waals surface area contributed by atoms with Crippen LogP contribution in [0.3, 0.4) is 0 Å². The van der Waals surface area contributed by atoms with Crippen LogP contribution in [-0.4, -0.2) is 37.7 Å². The SMILES string of the molecule is CCC1OC(OCCCCCOCc2ccccc2)C(OC(=O)c2ccccc2)C(C)C1C. The maximum absolute atomic E-state index is 12.7. The maximum Gasteiger partial charge on any atom is 0.338 e. The molecule has 5 nitrogen and oxygen atoms in total. The Bertz CT molecular complexity index is 810. The highest BCUT2D eigenvalue weighted by Gasteiger charge is 2.43. The van der Waals surface area contributed by atoms with Crippen LogP contribution in [0.1, 0.15) is 62.4 Å². The molecule has 33 heavy (non-hydrogen) atoms. The molecule has 5 unspecified atom stereocenters. The number of benzene rings is 2. The summed E-state index contributed by atoms with van der Waals surface area (Å²) in [5, 5.41) is 0. The summed E-state index contributed by atoms with van der Waals surface area (Å²) in [5.74, 6) is 0.0975. The molecule has 0 radical (unpaired) electrons. The minimum Gasteiger partial charge on any atom is -0.453 e. The summed E-state index contributed by atoms with van der Waals surface area (Å²) in [6.07, 6.45) is 2.95. The highest BCUT2D eigenvalue weighted by Crippen LogP contribution is 2.35. The quantitative estimate of drug-likeness (QED) is 0.290. The molecule has 3 rings (SSSR count). The number of hydrogen-bond acceptors (Lipinski definition) is 5. The van der Waals surface area contributed by atoms with Crippen molar-refractivity contribution in [1.29, 1.82) is 0 Å². The second-order valence-corrected chi connectivity index (χ2v) is 8.87. The van der Waals surface area contributed by atoms with Crippen LogP contribution >= 0.6 is 0 Å². The average molecular weight is 455 g/mol. The molecule has 1 saturated heterocycles. The smallest absolute Gasteiger partial charge is 0.338 e. The third-order valence-corrected chi connectivity index (χ3v) is 6.49. The predicted molar refractivity (Wildman–Crippen MR) is 129 cm³/mol. The molecule has 0 saturated carbocycles. The van der Waals surface area contributed by atoms with Gasteiger partial charge in [-0.25, -0.2) is 4.79 Å². The second-order valence-electron chi connectivity index (χ2n) is 8.87. The monoisotopic (exact) mass is 454 g/mol. The Morgan fingerprint density at radius 1 is 0.879 bits per heavy atom. The molecule has 0 N–H and O–H groups in total. The van der Waals surface area contributed by atoms with Gasteiger partial charge in [-0.05, 0) is 49.3 Å². The Balaban J connectivity index is 1.43. The first-order valence-corrected chi connectivity index (χ1v) is 12.2. The first kappa shape index (κ1) is 25.4. The summed E-state index contributed by atoms with van der Waals surface area (Å²) in [6.45, 7) is 8.36. The number of unbranched alkanes of at least 4 members (excludes halogenated alkanes) is 2. The van der Waals surface area contributed by atoms with E-state index in [9.17, 15) is 4.79 Å². The predicted octanol–water partition coefficient (Wildman–Crippen LogP) is 6.02. The van der Waals surface area contributed by atoms with Gasteiger partial charge in [0.1, 0.15) is 0 Å². The van der Waals surface area contributed by atoms with Gasteiger partial charge in [-0.1, -0.05) is 69.3 Å². The standard InChI is InChI=1S/C28H38O5/c1-4-25-21(2)22(3)26(33-27(29)24-16-10-6-11-17-24)28(32-25)31-19-13-7-12-18-30-20-23-14-8-5-9-15-23/h5-6,8-11,14-17,21-22,25-26,28H,4,7,12-13,18-20H2,1-3H3. The fourth-order valence-electron chi connectivity index (χ4n) is 4.24. The van der Waals surface area contributed by atoms with E-state index in [0.29, 0.717) is 18.8 Å². The molecule has 2 aromatic rings. The number of rotatable bonds is 12. The Morgan fingerprint density at radius 3 is 2.24 bits per heavy atom. The van der Waals surface area contributed by atoms with E-state index < -0.39 is 12.4 Å². The third kappa shape index (κ3) is 7.66. The van der Waals surface area contributed by atoms with Gasteiger partial charge in [0.15, 0.2) is 12.4 Å². The van der Waals surface area contributed by atoms with Crippen molar-refractivity contribution in [1.82, 2.24) is 0 Å². The van der Waals surface area contributed by atoms with Gasteiger partial charge in [0.2, 0.25) is 0 Å². The van der Waals surface area contributed by atoms with Gasteiger partial charge in [-0.3, -0.25) is 0 Å². The molecule has 0 amide bonds. The van der Waals surface area contributed by atoms with Gasteiger partial charge < -0.3 is 18.9 Å². The van der Waals surface area contributed by atoms with E-state index in [0.717, 1.165) is 32.3 Å². The van der Waals surface area contributed by atoms with Crippen LogP contribution in [0.5, 0.6) is 0 Å². The maximum atomic E-state index is 12.7. The molecular formula is C28H38O5. The van der Waals surface area contributed by atoms with Crippen molar-refractivity contribution in [2.75, 3.05) is 13.2 Å². The molecule has 1 aliphatic heterocycles. The van der Waals surface area contributed by atoms with Crippen molar-refractivity contribution >= 4 is 5.97 Å². The summed E-state index contributed by atoms with van der Waals surface area (Å²) >= 11 is 0. The number of carbonyl (C=O) groups is 1. The van der Waals surface area contributed by atoms with Crippen molar-refractivity contribution in [3.8, 4) is 0 Å². The van der Waals surface area contributed by atoms with Crippen LogP contribution in [0.25, 0.3) is 0 Å². The first-order chi connectivity index (χ1) is 16.1. The zero-order chi connectivity index (χ0) is 23.5. The lowest BCUT2D eigenvalue weighted by Crippen LogP contribution is -2.52.